The van der Waals surface area contributed by atoms with E-state index in [1.165, 1.54) is 6.42 Å². The van der Waals surface area contributed by atoms with Crippen LogP contribution in [0.1, 0.15) is 45.0 Å². The molecule has 0 N–H and O–H groups in total. The van der Waals surface area contributed by atoms with Gasteiger partial charge in [0.05, 0.1) is 24.9 Å². The number of rotatable bonds is 4. The van der Waals surface area contributed by atoms with E-state index in [4.69, 9.17) is 9.73 Å². The van der Waals surface area contributed by atoms with Gasteiger partial charge in [0.15, 0.2) is 11.7 Å². The summed E-state index contributed by atoms with van der Waals surface area (Å²) < 4.78 is 7.10. The summed E-state index contributed by atoms with van der Waals surface area (Å²) in [7, 11) is 1.67. The molecule has 25 heavy (non-hydrogen) atoms. The smallest absolute Gasteiger partial charge is 0.175 e. The van der Waals surface area contributed by atoms with Gasteiger partial charge in [-0.15, -0.1) is 5.10 Å². The van der Waals surface area contributed by atoms with Crippen molar-refractivity contribution in [2.45, 2.75) is 45.2 Å². The van der Waals surface area contributed by atoms with Crippen molar-refractivity contribution >= 4 is 11.5 Å². The molecule has 4 rings (SSSR count). The second kappa shape index (κ2) is 6.55. The maximum Gasteiger partial charge on any atom is 0.175 e. The van der Waals surface area contributed by atoms with E-state index in [-0.39, 0.29) is 6.04 Å². The predicted octanol–water partition coefficient (Wildman–Crippen LogP) is 2.83. The van der Waals surface area contributed by atoms with Crippen molar-refractivity contribution in [2.24, 2.45) is 10.9 Å². The first kappa shape index (κ1) is 16.2. The van der Waals surface area contributed by atoms with Crippen LogP contribution in [0.15, 0.2) is 29.3 Å². The van der Waals surface area contributed by atoms with Gasteiger partial charge in [-0.2, -0.15) is 4.68 Å². The number of aliphatic imine (C=N–C) groups is 1. The lowest BCUT2D eigenvalue weighted by molar-refractivity contribution is 0.178. The number of hydrogen-bond donors (Lipinski definition) is 0. The van der Waals surface area contributed by atoms with Gasteiger partial charge in [0.1, 0.15) is 5.75 Å². The largest absolute Gasteiger partial charge is 0.497 e. The summed E-state index contributed by atoms with van der Waals surface area (Å²) in [4.78, 5) is 7.48. The third kappa shape index (κ3) is 2.93. The SMILES string of the molecule is COc1ccc(N=C2C(CC(C)C)N3CCCC3c3nnnn32)cc1. The first-order valence-electron chi connectivity index (χ1n) is 8.94. The van der Waals surface area contributed by atoms with Crippen LogP contribution in [0.3, 0.4) is 0 Å². The molecule has 1 aromatic carbocycles. The molecule has 7 nitrogen and oxygen atoms in total. The normalized spacial score (nSPS) is 24.6. The molecule has 1 fully saturated rings. The Hall–Kier alpha value is -2.28. The van der Waals surface area contributed by atoms with Crippen LogP contribution in [0.5, 0.6) is 5.75 Å². The van der Waals surface area contributed by atoms with E-state index in [1.807, 2.05) is 28.9 Å². The molecule has 1 saturated heterocycles. The van der Waals surface area contributed by atoms with Gasteiger partial charge < -0.3 is 4.74 Å². The first-order chi connectivity index (χ1) is 12.2. The van der Waals surface area contributed by atoms with Gasteiger partial charge in [0.2, 0.25) is 0 Å². The van der Waals surface area contributed by atoms with Crippen molar-refractivity contribution in [1.29, 1.82) is 0 Å². The third-order valence-electron chi connectivity index (χ3n) is 5.01. The van der Waals surface area contributed by atoms with Gasteiger partial charge in [-0.3, -0.25) is 4.90 Å². The standard InChI is InChI=1S/C18H24N6O/c1-12(2)11-16-17(19-13-6-8-14(25-3)9-7-13)24-18(20-21-22-24)15-5-4-10-23(15)16/h6-9,12,15-16H,4-5,10-11H2,1-3H3. The van der Waals surface area contributed by atoms with E-state index >= 15 is 0 Å². The Labute approximate surface area is 147 Å². The zero-order valence-corrected chi connectivity index (χ0v) is 15.0. The highest BCUT2D eigenvalue weighted by Gasteiger charge is 2.43. The van der Waals surface area contributed by atoms with E-state index in [1.54, 1.807) is 7.11 Å². The van der Waals surface area contributed by atoms with E-state index in [2.05, 4.69) is 34.3 Å². The Balaban J connectivity index is 1.78. The summed E-state index contributed by atoms with van der Waals surface area (Å²) in [5.41, 5.74) is 0.892. The number of ether oxygens (including phenoxy) is 1. The lowest BCUT2D eigenvalue weighted by Crippen LogP contribution is -2.50. The Morgan fingerprint density at radius 3 is 2.80 bits per heavy atom. The van der Waals surface area contributed by atoms with Gasteiger partial charge in [0.25, 0.3) is 0 Å². The zero-order chi connectivity index (χ0) is 17.4. The monoisotopic (exact) mass is 340 g/mol. The molecule has 3 heterocycles. The minimum Gasteiger partial charge on any atom is -0.497 e. The minimum absolute atomic E-state index is 0.241. The Morgan fingerprint density at radius 1 is 1.28 bits per heavy atom. The van der Waals surface area contributed by atoms with Gasteiger partial charge in [-0.05, 0) is 66.4 Å². The fraction of sp³-hybridized carbons (Fsp3) is 0.556. The Kier molecular flexibility index (Phi) is 4.25. The van der Waals surface area contributed by atoms with Crippen LogP contribution in [0.4, 0.5) is 5.69 Å². The van der Waals surface area contributed by atoms with Crippen molar-refractivity contribution in [3.8, 4) is 5.75 Å². The second-order valence-corrected chi connectivity index (χ2v) is 7.16. The van der Waals surface area contributed by atoms with Crippen LogP contribution in [0.2, 0.25) is 0 Å². The van der Waals surface area contributed by atoms with Crippen molar-refractivity contribution in [3.05, 3.63) is 30.1 Å². The molecule has 1 aromatic heterocycles. The summed E-state index contributed by atoms with van der Waals surface area (Å²) in [6.45, 7) is 5.59. The lowest BCUT2D eigenvalue weighted by Gasteiger charge is -2.38. The molecule has 0 radical (unpaired) electrons. The van der Waals surface area contributed by atoms with Gasteiger partial charge >= 0.3 is 0 Å². The van der Waals surface area contributed by atoms with Crippen LogP contribution in [-0.4, -0.2) is 50.6 Å². The average molecular weight is 340 g/mol. The quantitative estimate of drug-likeness (QED) is 0.856. The Morgan fingerprint density at radius 2 is 2.08 bits per heavy atom. The molecule has 2 unspecified atom stereocenters. The summed E-state index contributed by atoms with van der Waals surface area (Å²) >= 11 is 0. The van der Waals surface area contributed by atoms with E-state index in [0.29, 0.717) is 12.0 Å². The molecule has 0 amide bonds. The number of hydrogen-bond acceptors (Lipinski definition) is 6. The number of fused-ring (bicyclic) bond motifs is 3. The number of aromatic nitrogens is 4. The van der Waals surface area contributed by atoms with E-state index in [9.17, 15) is 0 Å². The van der Waals surface area contributed by atoms with Crippen molar-refractivity contribution in [1.82, 2.24) is 25.1 Å². The highest BCUT2D eigenvalue weighted by Crippen LogP contribution is 2.38. The van der Waals surface area contributed by atoms with Crippen LogP contribution >= 0.6 is 0 Å². The summed E-state index contributed by atoms with van der Waals surface area (Å²) in [5.74, 6) is 3.25. The zero-order valence-electron chi connectivity index (χ0n) is 15.0. The molecule has 2 aliphatic heterocycles. The molecule has 0 saturated carbocycles. The molecule has 132 valence electrons. The Bertz CT molecular complexity index is 766. The number of nitrogens with zero attached hydrogens (tertiary/aromatic N) is 6. The maximum atomic E-state index is 5.24. The van der Waals surface area contributed by atoms with Crippen molar-refractivity contribution in [2.75, 3.05) is 13.7 Å². The fourth-order valence-corrected chi connectivity index (χ4v) is 3.89. The summed E-state index contributed by atoms with van der Waals surface area (Å²) in [5, 5.41) is 12.5. The molecule has 7 heteroatoms. The highest BCUT2D eigenvalue weighted by atomic mass is 16.5. The molecular formula is C18H24N6O. The van der Waals surface area contributed by atoms with Gasteiger partial charge in [0, 0.05) is 0 Å². The maximum absolute atomic E-state index is 5.24. The fourth-order valence-electron chi connectivity index (χ4n) is 3.89. The van der Waals surface area contributed by atoms with Crippen LogP contribution in [0.25, 0.3) is 0 Å². The molecule has 0 spiro atoms. The van der Waals surface area contributed by atoms with Crippen LogP contribution in [-0.2, 0) is 0 Å². The topological polar surface area (TPSA) is 68.4 Å². The van der Waals surface area contributed by atoms with Gasteiger partial charge in [-0.1, -0.05) is 13.8 Å². The molecule has 2 aromatic rings. The van der Waals surface area contributed by atoms with Crippen molar-refractivity contribution in [3.63, 3.8) is 0 Å². The molecule has 0 aliphatic carbocycles. The molecule has 2 atom stereocenters. The van der Waals surface area contributed by atoms with E-state index < -0.39 is 0 Å². The summed E-state index contributed by atoms with van der Waals surface area (Å²) in [6, 6.07) is 8.35. The highest BCUT2D eigenvalue weighted by molar-refractivity contribution is 5.92. The number of tetrazole rings is 1. The minimum atomic E-state index is 0.241. The lowest BCUT2D eigenvalue weighted by atomic mass is 9.98. The number of benzene rings is 1. The first-order valence-corrected chi connectivity index (χ1v) is 8.94. The predicted molar refractivity (Wildman–Crippen MR) is 95.2 cm³/mol. The van der Waals surface area contributed by atoms with Crippen LogP contribution in [0, 0.1) is 5.92 Å². The van der Waals surface area contributed by atoms with Crippen LogP contribution < -0.4 is 4.74 Å². The summed E-state index contributed by atoms with van der Waals surface area (Å²) in [6.07, 6.45) is 3.34. The van der Waals surface area contributed by atoms with Gasteiger partial charge in [-0.25, -0.2) is 4.99 Å². The number of methoxy groups -OCH3 is 1. The average Bonchev–Trinajstić information content (AvgIpc) is 3.26. The molecule has 2 aliphatic rings. The third-order valence-corrected chi connectivity index (χ3v) is 5.01. The molecular weight excluding hydrogens is 316 g/mol. The van der Waals surface area contributed by atoms with Crippen molar-refractivity contribution < 1.29 is 4.74 Å². The van der Waals surface area contributed by atoms with E-state index in [0.717, 1.165) is 42.5 Å². The molecule has 0 bridgehead atoms. The second-order valence-electron chi connectivity index (χ2n) is 7.16.